The summed E-state index contributed by atoms with van der Waals surface area (Å²) in [5, 5.41) is 55.2. The average molecular weight is 366 g/mol. The van der Waals surface area contributed by atoms with E-state index in [1.165, 1.54) is 0 Å². The lowest BCUT2D eigenvalue weighted by atomic mass is 9.59. The molecule has 0 bridgehead atoms. The quantitative estimate of drug-likeness (QED) is 0.446. The highest BCUT2D eigenvalue weighted by molar-refractivity contribution is 6.04. The Balaban J connectivity index is 1.91. The van der Waals surface area contributed by atoms with Crippen LogP contribution in [-0.2, 0) is 4.79 Å². The number of carbonyl (C=O) groups is 1. The molecule has 6 nitrogen and oxygen atoms in total. The Morgan fingerprint density at radius 2 is 1.85 bits per heavy atom. The molecule has 9 atom stereocenters. The predicted octanol–water partition coefficient (Wildman–Crippen LogP) is 0.01000. The first-order valence-electron chi connectivity index (χ1n) is 9.57. The minimum atomic E-state index is -1.77. The number of carbonyl (C=O) groups excluding carboxylic acids is 1. The van der Waals surface area contributed by atoms with Crippen LogP contribution in [0.5, 0.6) is 0 Å². The van der Waals surface area contributed by atoms with Crippen molar-refractivity contribution in [2.75, 3.05) is 6.61 Å². The summed E-state index contributed by atoms with van der Waals surface area (Å²) >= 11 is 0. The van der Waals surface area contributed by atoms with E-state index in [0.717, 1.165) is 0 Å². The van der Waals surface area contributed by atoms with Crippen LogP contribution in [0, 0.1) is 35.0 Å². The molecule has 0 saturated heterocycles. The highest BCUT2D eigenvalue weighted by atomic mass is 16.4. The van der Waals surface area contributed by atoms with Gasteiger partial charge in [0, 0.05) is 29.8 Å². The first kappa shape index (κ1) is 18.6. The van der Waals surface area contributed by atoms with Gasteiger partial charge in [0.25, 0.3) is 0 Å². The second-order valence-corrected chi connectivity index (χ2v) is 9.82. The molecular weight excluding hydrogens is 336 g/mol. The highest BCUT2D eigenvalue weighted by Gasteiger charge is 2.84. The Labute approximate surface area is 153 Å². The molecule has 3 saturated carbocycles. The number of ketones is 1. The molecule has 0 spiro atoms. The third-order valence-corrected chi connectivity index (χ3v) is 8.48. The normalized spacial score (nSPS) is 57.6. The average Bonchev–Trinajstić information content (AvgIpc) is 2.97. The maximum atomic E-state index is 12.7. The lowest BCUT2D eigenvalue weighted by Crippen LogP contribution is -2.65. The van der Waals surface area contributed by atoms with E-state index in [4.69, 9.17) is 0 Å². The van der Waals surface area contributed by atoms with Gasteiger partial charge in [0.1, 0.15) is 11.2 Å². The first-order valence-corrected chi connectivity index (χ1v) is 9.57. The zero-order valence-electron chi connectivity index (χ0n) is 15.8. The van der Waals surface area contributed by atoms with Crippen LogP contribution in [0.1, 0.15) is 40.5 Å². The van der Waals surface area contributed by atoms with Crippen molar-refractivity contribution in [2.45, 2.75) is 63.4 Å². The smallest absolute Gasteiger partial charge is 0.190 e. The van der Waals surface area contributed by atoms with E-state index in [1.54, 1.807) is 19.9 Å². The van der Waals surface area contributed by atoms with E-state index < -0.39 is 51.9 Å². The SMILES string of the molecule is CC1=C[C@H]2[C@@]3(O)[C@H](C)[C@@H](O)[C@]4(O)[C@H]([C@@H]3CC(CO)C[C@]2(O)C1=O)C4(C)C. The van der Waals surface area contributed by atoms with Crippen LogP contribution in [0.2, 0.25) is 0 Å². The Hall–Kier alpha value is -0.790. The molecule has 0 aromatic heterocycles. The molecule has 26 heavy (non-hydrogen) atoms. The molecule has 4 rings (SSSR count). The summed E-state index contributed by atoms with van der Waals surface area (Å²) in [6.07, 6.45) is 0.967. The summed E-state index contributed by atoms with van der Waals surface area (Å²) in [5.41, 5.74) is -4.78. The van der Waals surface area contributed by atoms with E-state index in [-0.39, 0.29) is 24.9 Å². The molecular formula is C20H30O6. The van der Waals surface area contributed by atoms with Gasteiger partial charge in [-0.3, -0.25) is 4.79 Å². The summed E-state index contributed by atoms with van der Waals surface area (Å²) in [7, 11) is 0. The van der Waals surface area contributed by atoms with Gasteiger partial charge in [0.2, 0.25) is 0 Å². The fourth-order valence-corrected chi connectivity index (χ4v) is 6.97. The van der Waals surface area contributed by atoms with Crippen molar-refractivity contribution in [2.24, 2.45) is 35.0 Å². The minimum absolute atomic E-state index is 0.0774. The van der Waals surface area contributed by atoms with Crippen LogP contribution in [0.15, 0.2) is 11.6 Å². The Bertz CT molecular complexity index is 700. The molecule has 0 aliphatic heterocycles. The molecule has 0 radical (unpaired) electrons. The number of aliphatic hydroxyl groups excluding tert-OH is 2. The largest absolute Gasteiger partial charge is 0.396 e. The summed E-state index contributed by atoms with van der Waals surface area (Å²) in [6, 6.07) is 0. The zero-order chi connectivity index (χ0) is 19.4. The molecule has 0 amide bonds. The van der Waals surface area contributed by atoms with E-state index in [1.807, 2.05) is 13.8 Å². The molecule has 5 N–H and O–H groups in total. The van der Waals surface area contributed by atoms with Crippen molar-refractivity contribution < 1.29 is 30.3 Å². The topological polar surface area (TPSA) is 118 Å². The summed E-state index contributed by atoms with van der Waals surface area (Å²) in [4.78, 5) is 12.7. The maximum Gasteiger partial charge on any atom is 0.190 e. The molecule has 4 aliphatic rings. The van der Waals surface area contributed by atoms with Crippen molar-refractivity contribution in [1.82, 2.24) is 0 Å². The van der Waals surface area contributed by atoms with Crippen LogP contribution in [0.25, 0.3) is 0 Å². The van der Waals surface area contributed by atoms with Crippen molar-refractivity contribution in [1.29, 1.82) is 0 Å². The third kappa shape index (κ3) is 1.74. The number of hydrogen-bond acceptors (Lipinski definition) is 6. The molecule has 0 aromatic rings. The number of Topliss-reactive ketones (excluding diaryl/α,β-unsaturated/α-hetero) is 1. The van der Waals surface area contributed by atoms with Gasteiger partial charge >= 0.3 is 0 Å². The lowest BCUT2D eigenvalue weighted by molar-refractivity contribution is -0.215. The Kier molecular flexibility index (Phi) is 3.55. The van der Waals surface area contributed by atoms with Crippen molar-refractivity contribution >= 4 is 5.78 Å². The van der Waals surface area contributed by atoms with Gasteiger partial charge < -0.3 is 25.5 Å². The van der Waals surface area contributed by atoms with Gasteiger partial charge in [-0.2, -0.15) is 0 Å². The zero-order valence-corrected chi connectivity index (χ0v) is 15.8. The van der Waals surface area contributed by atoms with E-state index >= 15 is 0 Å². The minimum Gasteiger partial charge on any atom is -0.396 e. The van der Waals surface area contributed by atoms with Crippen LogP contribution in [0.4, 0.5) is 0 Å². The van der Waals surface area contributed by atoms with Crippen LogP contribution in [-0.4, -0.2) is 60.8 Å². The van der Waals surface area contributed by atoms with Crippen molar-refractivity contribution in [3.63, 3.8) is 0 Å². The molecule has 4 aliphatic carbocycles. The highest BCUT2D eigenvalue weighted by Crippen LogP contribution is 2.75. The molecule has 1 unspecified atom stereocenters. The van der Waals surface area contributed by atoms with Gasteiger partial charge in [0.05, 0.1) is 11.7 Å². The number of fused-ring (bicyclic) bond motifs is 5. The first-order chi connectivity index (χ1) is 11.9. The van der Waals surface area contributed by atoms with Crippen molar-refractivity contribution in [3.8, 4) is 0 Å². The van der Waals surface area contributed by atoms with Crippen LogP contribution >= 0.6 is 0 Å². The number of rotatable bonds is 1. The summed E-state index contributed by atoms with van der Waals surface area (Å²) < 4.78 is 0. The summed E-state index contributed by atoms with van der Waals surface area (Å²) in [5.74, 6) is -3.12. The number of hydrogen-bond donors (Lipinski definition) is 5. The maximum absolute atomic E-state index is 12.7. The third-order valence-electron chi connectivity index (χ3n) is 8.48. The van der Waals surface area contributed by atoms with E-state index in [9.17, 15) is 30.3 Å². The predicted molar refractivity (Wildman–Crippen MR) is 92.8 cm³/mol. The molecule has 6 heteroatoms. The fourth-order valence-electron chi connectivity index (χ4n) is 6.97. The van der Waals surface area contributed by atoms with Gasteiger partial charge in [-0.25, -0.2) is 0 Å². The lowest BCUT2D eigenvalue weighted by Gasteiger charge is -2.52. The monoisotopic (exact) mass is 366 g/mol. The van der Waals surface area contributed by atoms with Crippen LogP contribution < -0.4 is 0 Å². The Morgan fingerprint density at radius 1 is 1.23 bits per heavy atom. The van der Waals surface area contributed by atoms with E-state index in [0.29, 0.717) is 12.0 Å². The molecule has 146 valence electrons. The van der Waals surface area contributed by atoms with E-state index in [2.05, 4.69) is 0 Å². The fraction of sp³-hybridized carbons (Fsp3) is 0.850. The number of aliphatic hydroxyl groups is 5. The molecule has 0 heterocycles. The second kappa shape index (κ2) is 4.97. The second-order valence-electron chi connectivity index (χ2n) is 9.82. The van der Waals surface area contributed by atoms with Crippen molar-refractivity contribution in [3.05, 3.63) is 11.6 Å². The Morgan fingerprint density at radius 3 is 2.42 bits per heavy atom. The molecule has 3 fully saturated rings. The van der Waals surface area contributed by atoms with Gasteiger partial charge in [-0.1, -0.05) is 26.8 Å². The van der Waals surface area contributed by atoms with Crippen LogP contribution in [0.3, 0.4) is 0 Å². The van der Waals surface area contributed by atoms with Gasteiger partial charge in [0.15, 0.2) is 5.78 Å². The standard InChI is InChI=1S/C20H30O6/c1-9-5-13-18(24,15(9)22)7-11(8-21)6-12-14-17(3,4)20(14,26)16(23)10(2)19(12,13)25/h5,10-14,16,21,23-26H,6-8H2,1-4H3/t10-,11?,12+,13-,14-,16-,18-,19-,20-/m1/s1. The molecule has 0 aromatic carbocycles. The van der Waals surface area contributed by atoms with Gasteiger partial charge in [-0.05, 0) is 37.2 Å². The van der Waals surface area contributed by atoms with Gasteiger partial charge in [-0.15, -0.1) is 0 Å². The summed E-state index contributed by atoms with van der Waals surface area (Å²) in [6.45, 7) is 6.88.